The van der Waals surface area contributed by atoms with Crippen molar-refractivity contribution in [2.75, 3.05) is 20.2 Å². The molecule has 0 radical (unpaired) electrons. The molecule has 2 aromatic rings. The van der Waals surface area contributed by atoms with E-state index in [1.54, 1.807) is 60.7 Å². The number of aliphatic hydroxyl groups is 1. The molecule has 2 rings (SSSR count). The molecule has 0 bridgehead atoms. The fourth-order valence-electron chi connectivity index (χ4n) is 2.86. The summed E-state index contributed by atoms with van der Waals surface area (Å²) in [6.45, 7) is 4.74. The number of carbonyl (C=O) groups excluding carboxylic acids is 3. The molecule has 0 saturated carbocycles. The lowest BCUT2D eigenvalue weighted by Gasteiger charge is -2.27. The zero-order valence-corrected chi connectivity index (χ0v) is 17.7. The molecule has 30 heavy (non-hydrogen) atoms. The normalized spacial score (nSPS) is 11.5. The van der Waals surface area contributed by atoms with Crippen LogP contribution in [-0.2, 0) is 24.7 Å². The minimum atomic E-state index is -2.06. The van der Waals surface area contributed by atoms with Crippen LogP contribution < -0.4 is 5.32 Å². The zero-order valence-electron chi connectivity index (χ0n) is 17.7. The highest BCUT2D eigenvalue weighted by atomic mass is 16.6. The number of nitrogens with one attached hydrogen (secondary N) is 1. The van der Waals surface area contributed by atoms with E-state index in [-0.39, 0.29) is 12.5 Å². The highest BCUT2D eigenvalue weighted by Crippen LogP contribution is 2.31. The maximum atomic E-state index is 12.9. The number of esters is 1. The fourth-order valence-corrected chi connectivity index (χ4v) is 2.86. The van der Waals surface area contributed by atoms with E-state index in [1.165, 1.54) is 11.9 Å². The molecule has 2 amide bonds. The Kier molecular flexibility index (Phi) is 7.34. The van der Waals surface area contributed by atoms with Crippen molar-refractivity contribution in [3.05, 3.63) is 71.8 Å². The number of benzene rings is 2. The number of ether oxygens (including phenoxy) is 1. The Morgan fingerprint density at radius 2 is 1.40 bits per heavy atom. The number of amides is 2. The van der Waals surface area contributed by atoms with E-state index < -0.39 is 29.6 Å². The minimum absolute atomic E-state index is 0.171. The highest BCUT2D eigenvalue weighted by molar-refractivity contribution is 5.89. The van der Waals surface area contributed by atoms with Gasteiger partial charge >= 0.3 is 5.97 Å². The predicted octanol–water partition coefficient (Wildman–Crippen LogP) is 1.84. The number of rotatable bonds is 7. The first-order chi connectivity index (χ1) is 14.0. The van der Waals surface area contributed by atoms with Crippen molar-refractivity contribution in [2.24, 2.45) is 0 Å². The van der Waals surface area contributed by atoms with Crippen LogP contribution in [0, 0.1) is 0 Å². The molecule has 0 atom stereocenters. The van der Waals surface area contributed by atoms with Gasteiger partial charge in [-0.2, -0.15) is 0 Å². The molecule has 0 aliphatic carbocycles. The van der Waals surface area contributed by atoms with Gasteiger partial charge in [-0.25, -0.2) is 4.79 Å². The molecule has 0 aliphatic heterocycles. The number of likely N-dealkylation sites (N-methyl/N-ethyl adjacent to an activating group) is 1. The smallest absolute Gasteiger partial charge is 0.348 e. The average Bonchev–Trinajstić information content (AvgIpc) is 2.70. The van der Waals surface area contributed by atoms with Gasteiger partial charge in [-0.3, -0.25) is 9.59 Å². The maximum absolute atomic E-state index is 12.9. The van der Waals surface area contributed by atoms with E-state index in [4.69, 9.17) is 4.74 Å². The number of nitrogens with zero attached hydrogens (tertiary/aromatic N) is 1. The summed E-state index contributed by atoms with van der Waals surface area (Å²) in [5.41, 5.74) is -1.83. The van der Waals surface area contributed by atoms with Crippen LogP contribution in [0.4, 0.5) is 0 Å². The lowest BCUT2D eigenvalue weighted by molar-refractivity contribution is -0.166. The van der Waals surface area contributed by atoms with E-state index in [9.17, 15) is 19.5 Å². The van der Waals surface area contributed by atoms with Crippen LogP contribution in [0.1, 0.15) is 31.9 Å². The molecule has 0 fully saturated rings. The number of carbonyl (C=O) groups is 3. The zero-order chi connectivity index (χ0) is 22.4. The second kappa shape index (κ2) is 9.54. The third-order valence-electron chi connectivity index (χ3n) is 4.33. The van der Waals surface area contributed by atoms with Crippen molar-refractivity contribution in [3.63, 3.8) is 0 Å². The molecule has 0 saturated heterocycles. The van der Waals surface area contributed by atoms with E-state index in [1.807, 2.05) is 20.8 Å². The number of hydrogen-bond donors (Lipinski definition) is 2. The minimum Gasteiger partial charge on any atom is -0.453 e. The fraction of sp³-hybridized carbons (Fsp3) is 0.348. The van der Waals surface area contributed by atoms with Crippen LogP contribution in [0.2, 0.25) is 0 Å². The molecule has 7 heteroatoms. The summed E-state index contributed by atoms with van der Waals surface area (Å²) in [6.07, 6.45) is 0. The Morgan fingerprint density at radius 1 is 0.933 bits per heavy atom. The molecule has 2 N–H and O–H groups in total. The van der Waals surface area contributed by atoms with Crippen molar-refractivity contribution < 1.29 is 24.2 Å². The van der Waals surface area contributed by atoms with Gasteiger partial charge in [-0.05, 0) is 31.9 Å². The second-order valence-electron chi connectivity index (χ2n) is 8.07. The quantitative estimate of drug-likeness (QED) is 0.677. The summed E-state index contributed by atoms with van der Waals surface area (Å²) in [5.74, 6) is -1.86. The molecule has 0 aliphatic rings. The van der Waals surface area contributed by atoms with Crippen LogP contribution in [0.25, 0.3) is 0 Å². The van der Waals surface area contributed by atoms with E-state index in [0.29, 0.717) is 11.1 Å². The molecule has 0 heterocycles. The first-order valence-corrected chi connectivity index (χ1v) is 9.59. The van der Waals surface area contributed by atoms with Crippen LogP contribution in [0.15, 0.2) is 60.7 Å². The summed E-state index contributed by atoms with van der Waals surface area (Å²) in [6, 6.07) is 16.8. The van der Waals surface area contributed by atoms with Crippen molar-refractivity contribution in [1.82, 2.24) is 10.2 Å². The van der Waals surface area contributed by atoms with Crippen LogP contribution in [0.3, 0.4) is 0 Å². The summed E-state index contributed by atoms with van der Waals surface area (Å²) in [4.78, 5) is 38.4. The Morgan fingerprint density at radius 3 is 1.83 bits per heavy atom. The number of hydrogen-bond acceptors (Lipinski definition) is 5. The Hall–Kier alpha value is -3.19. The van der Waals surface area contributed by atoms with Gasteiger partial charge < -0.3 is 20.1 Å². The van der Waals surface area contributed by atoms with Gasteiger partial charge in [0.25, 0.3) is 5.91 Å². The second-order valence-corrected chi connectivity index (χ2v) is 8.07. The maximum Gasteiger partial charge on any atom is 0.348 e. The molecule has 160 valence electrons. The van der Waals surface area contributed by atoms with Gasteiger partial charge in [0.2, 0.25) is 11.5 Å². The topological polar surface area (TPSA) is 95.9 Å². The molecule has 0 unspecified atom stereocenters. The summed E-state index contributed by atoms with van der Waals surface area (Å²) < 4.78 is 5.17. The third-order valence-corrected chi connectivity index (χ3v) is 4.33. The van der Waals surface area contributed by atoms with Gasteiger partial charge in [0, 0.05) is 12.6 Å². The van der Waals surface area contributed by atoms with Crippen molar-refractivity contribution in [2.45, 2.75) is 31.9 Å². The van der Waals surface area contributed by atoms with Crippen molar-refractivity contribution >= 4 is 17.8 Å². The predicted molar refractivity (Wildman–Crippen MR) is 112 cm³/mol. The van der Waals surface area contributed by atoms with Gasteiger partial charge in [0.15, 0.2) is 6.61 Å². The lowest BCUT2D eigenvalue weighted by Crippen LogP contribution is -2.47. The Balaban J connectivity index is 2.10. The first-order valence-electron chi connectivity index (χ1n) is 9.59. The first kappa shape index (κ1) is 23.1. The van der Waals surface area contributed by atoms with Gasteiger partial charge in [-0.15, -0.1) is 0 Å². The summed E-state index contributed by atoms with van der Waals surface area (Å²) >= 11 is 0. The third kappa shape index (κ3) is 5.90. The van der Waals surface area contributed by atoms with Gasteiger partial charge in [0.1, 0.15) is 0 Å². The summed E-state index contributed by atoms with van der Waals surface area (Å²) in [7, 11) is 1.44. The van der Waals surface area contributed by atoms with E-state index in [2.05, 4.69) is 5.32 Å². The lowest BCUT2D eigenvalue weighted by atomic mass is 9.86. The summed E-state index contributed by atoms with van der Waals surface area (Å²) in [5, 5.41) is 14.0. The Labute approximate surface area is 176 Å². The van der Waals surface area contributed by atoms with Crippen LogP contribution in [0.5, 0.6) is 0 Å². The average molecular weight is 412 g/mol. The van der Waals surface area contributed by atoms with Gasteiger partial charge in [0.05, 0.1) is 6.54 Å². The van der Waals surface area contributed by atoms with Crippen LogP contribution >= 0.6 is 0 Å². The molecular weight excluding hydrogens is 384 g/mol. The molecule has 0 aromatic heterocycles. The highest BCUT2D eigenvalue weighted by Gasteiger charge is 2.42. The van der Waals surface area contributed by atoms with Crippen LogP contribution in [-0.4, -0.2) is 53.5 Å². The monoisotopic (exact) mass is 412 g/mol. The van der Waals surface area contributed by atoms with Gasteiger partial charge in [-0.1, -0.05) is 60.7 Å². The molecular formula is C23H28N2O5. The van der Waals surface area contributed by atoms with Crippen molar-refractivity contribution in [3.8, 4) is 0 Å². The Bertz CT molecular complexity index is 836. The molecule has 0 spiro atoms. The standard InChI is InChI=1S/C23H28N2O5/c1-22(2,3)24-19(26)15-25(4)20(27)16-30-21(28)23(29,17-11-7-5-8-12-17)18-13-9-6-10-14-18/h5-14,29H,15-16H2,1-4H3,(H,24,26). The van der Waals surface area contributed by atoms with Crippen molar-refractivity contribution in [1.29, 1.82) is 0 Å². The van der Waals surface area contributed by atoms with E-state index in [0.717, 1.165) is 0 Å². The molecule has 7 nitrogen and oxygen atoms in total. The van der Waals surface area contributed by atoms with E-state index >= 15 is 0 Å². The molecule has 2 aromatic carbocycles. The SMILES string of the molecule is CN(CC(=O)NC(C)(C)C)C(=O)COC(=O)C(O)(c1ccccc1)c1ccccc1. The largest absolute Gasteiger partial charge is 0.453 e.